The monoisotopic (exact) mass is 327 g/mol. The summed E-state index contributed by atoms with van der Waals surface area (Å²) in [7, 11) is 0. The maximum Gasteiger partial charge on any atom is 0.342 e. The third-order valence-electron chi connectivity index (χ3n) is 2.73. The maximum atomic E-state index is 11.8. The number of carboxylic acids is 1. The summed E-state index contributed by atoms with van der Waals surface area (Å²) in [5.74, 6) is -2.21. The van der Waals surface area contributed by atoms with E-state index in [2.05, 4.69) is 15.4 Å². The number of nitrogens with zero attached hydrogens (tertiary/aromatic N) is 1. The molecule has 0 aliphatic rings. The van der Waals surface area contributed by atoms with Crippen LogP contribution < -0.4 is 38.1 Å². The molecule has 8 N–H and O–H groups in total. The van der Waals surface area contributed by atoms with Gasteiger partial charge in [0.15, 0.2) is 0 Å². The number of hydrogen-bond acceptors (Lipinski definition) is 6. The number of carboxylic acid groups (broad SMARTS) is 1. The summed E-state index contributed by atoms with van der Waals surface area (Å²) >= 11 is 0. The molecule has 23 heavy (non-hydrogen) atoms. The number of rotatable bonds is 8. The lowest BCUT2D eigenvalue weighted by Gasteiger charge is -2.19. The summed E-state index contributed by atoms with van der Waals surface area (Å²) in [4.78, 5) is 49.5. The molecule has 12 heteroatoms. The molecule has 0 aliphatic heterocycles. The number of aromatic amines is 2. The largest absolute Gasteiger partial charge is 0.548 e. The van der Waals surface area contributed by atoms with Gasteiger partial charge in [-0.3, -0.25) is 31.0 Å². The molecule has 0 saturated heterocycles. The molecule has 126 valence electrons. The van der Waals surface area contributed by atoms with Gasteiger partial charge in [0.2, 0.25) is 5.91 Å². The number of H-pyrrole nitrogens is 2. The minimum atomic E-state index is -1.47. The summed E-state index contributed by atoms with van der Waals surface area (Å²) in [6, 6.07) is -1.25. The molecule has 0 radical (unpaired) electrons. The zero-order chi connectivity index (χ0) is 17.4. The Morgan fingerprint density at radius 3 is 2.61 bits per heavy atom. The highest BCUT2D eigenvalue weighted by Gasteiger charge is 2.15. The van der Waals surface area contributed by atoms with Gasteiger partial charge in [-0.25, -0.2) is 9.89 Å². The number of aromatic nitrogens is 3. The van der Waals surface area contributed by atoms with Gasteiger partial charge in [-0.1, -0.05) is 0 Å². The Morgan fingerprint density at radius 2 is 2.04 bits per heavy atom. The van der Waals surface area contributed by atoms with Crippen molar-refractivity contribution in [2.45, 2.75) is 25.3 Å². The molecular weight excluding hydrogens is 310 g/mol. The van der Waals surface area contributed by atoms with E-state index in [-0.39, 0.29) is 18.1 Å². The Morgan fingerprint density at radius 1 is 1.35 bits per heavy atom. The smallest absolute Gasteiger partial charge is 0.342 e. The molecule has 1 heterocycles. The Bertz CT molecular complexity index is 703. The fourth-order valence-electron chi connectivity index (χ4n) is 1.68. The van der Waals surface area contributed by atoms with Crippen LogP contribution >= 0.6 is 0 Å². The van der Waals surface area contributed by atoms with Crippen molar-refractivity contribution in [3.8, 4) is 0 Å². The van der Waals surface area contributed by atoms with Gasteiger partial charge in [0.25, 0.3) is 5.56 Å². The quantitative estimate of drug-likeness (QED) is 0.153. The second-order valence-corrected chi connectivity index (χ2v) is 4.59. The molecule has 0 aliphatic carbocycles. The predicted molar refractivity (Wildman–Crippen MR) is 74.6 cm³/mol. The summed E-state index contributed by atoms with van der Waals surface area (Å²) in [6.07, 6.45) is -0.0598. The number of aliphatic carboxylic acids is 1. The van der Waals surface area contributed by atoms with Crippen molar-refractivity contribution in [1.29, 1.82) is 0 Å². The van der Waals surface area contributed by atoms with Gasteiger partial charge in [-0.15, -0.1) is 0 Å². The number of hydrogen-bond donors (Lipinski definition) is 6. The van der Waals surface area contributed by atoms with Crippen molar-refractivity contribution in [3.63, 3.8) is 0 Å². The van der Waals surface area contributed by atoms with Crippen molar-refractivity contribution < 1.29 is 19.7 Å². The lowest BCUT2D eigenvalue weighted by atomic mass is 10.1. The first-order valence-electron chi connectivity index (χ1n) is 6.59. The van der Waals surface area contributed by atoms with Crippen LogP contribution in [0.5, 0.6) is 0 Å². The molecule has 0 unspecified atom stereocenters. The molecular formula is C11H17N7O5. The van der Waals surface area contributed by atoms with Gasteiger partial charge in [0.05, 0.1) is 25.0 Å². The average molecular weight is 327 g/mol. The fourth-order valence-corrected chi connectivity index (χ4v) is 1.68. The molecule has 12 nitrogen and oxygen atoms in total. The van der Waals surface area contributed by atoms with Gasteiger partial charge < -0.3 is 15.2 Å². The Balaban J connectivity index is 2.60. The first-order chi connectivity index (χ1) is 10.8. The van der Waals surface area contributed by atoms with E-state index in [9.17, 15) is 24.3 Å². The lowest BCUT2D eigenvalue weighted by Crippen LogP contribution is -2.78. The number of guanidine groups is 1. The molecule has 0 saturated carbocycles. The molecule has 0 bridgehead atoms. The zero-order valence-electron chi connectivity index (χ0n) is 12.0. The zero-order valence-corrected chi connectivity index (χ0v) is 12.0. The summed E-state index contributed by atoms with van der Waals surface area (Å²) in [5.41, 5.74) is 8.48. The summed E-state index contributed by atoms with van der Waals surface area (Å²) < 4.78 is 0. The van der Waals surface area contributed by atoms with Crippen LogP contribution in [0.3, 0.4) is 0 Å². The molecule has 1 amide bonds. The molecule has 0 aromatic carbocycles. The third kappa shape index (κ3) is 6.41. The van der Waals surface area contributed by atoms with E-state index < -0.39 is 35.6 Å². The number of nitrogens with one attached hydrogen (secondary N) is 4. The van der Waals surface area contributed by atoms with Crippen LogP contribution in [-0.4, -0.2) is 45.6 Å². The second kappa shape index (κ2) is 8.31. The molecule has 0 spiro atoms. The van der Waals surface area contributed by atoms with Gasteiger partial charge in [0, 0.05) is 0 Å². The van der Waals surface area contributed by atoms with Crippen LogP contribution in [0.1, 0.15) is 18.5 Å². The van der Waals surface area contributed by atoms with E-state index in [0.717, 1.165) is 0 Å². The van der Waals surface area contributed by atoms with Gasteiger partial charge in [-0.05, 0) is 12.8 Å². The lowest BCUT2D eigenvalue weighted by molar-refractivity contribution is -0.459. The van der Waals surface area contributed by atoms with E-state index in [1.165, 1.54) is 0 Å². The highest BCUT2D eigenvalue weighted by atomic mass is 16.4. The SMILES string of the molecule is NC(N)=[NH+]CCC[C@H](NC(=O)Cc1n[nH]c(=O)[nH]c1=O)C(=O)[O-]. The Labute approximate surface area is 129 Å². The summed E-state index contributed by atoms with van der Waals surface area (Å²) in [5, 5.41) is 18.6. The van der Waals surface area contributed by atoms with Crippen LogP contribution in [0, 0.1) is 0 Å². The van der Waals surface area contributed by atoms with E-state index in [1.54, 1.807) is 0 Å². The molecule has 1 atom stereocenters. The molecule has 1 aromatic heterocycles. The molecule has 1 aromatic rings. The molecule has 1 rings (SSSR count). The van der Waals surface area contributed by atoms with Crippen molar-refractivity contribution in [3.05, 3.63) is 26.5 Å². The van der Waals surface area contributed by atoms with E-state index in [4.69, 9.17) is 11.5 Å². The average Bonchev–Trinajstić information content (AvgIpc) is 2.44. The van der Waals surface area contributed by atoms with Gasteiger partial charge in [0.1, 0.15) is 5.69 Å². The Hall–Kier alpha value is -3.18. The van der Waals surface area contributed by atoms with Crippen molar-refractivity contribution in [2.75, 3.05) is 6.54 Å². The van der Waals surface area contributed by atoms with Crippen LogP contribution in [0.25, 0.3) is 0 Å². The van der Waals surface area contributed by atoms with Gasteiger partial charge >= 0.3 is 11.6 Å². The first-order valence-corrected chi connectivity index (χ1v) is 6.59. The van der Waals surface area contributed by atoms with Crippen molar-refractivity contribution in [2.24, 2.45) is 11.5 Å². The van der Waals surface area contributed by atoms with Crippen LogP contribution in [0.4, 0.5) is 0 Å². The number of carbonyl (C=O) groups is 2. The van der Waals surface area contributed by atoms with Crippen molar-refractivity contribution in [1.82, 2.24) is 20.5 Å². The standard InChI is InChI=1S/C11H17N7O5/c12-10(13)14-3-1-2-5(9(21)22)15-7(19)4-6-8(20)16-11(23)18-17-6/h5H,1-4H2,(H,15,19)(H,21,22)(H4,12,13,14)(H2,16,18,20,23)/t5-/m0/s1. The normalized spacial score (nSPS) is 11.5. The molecule has 0 fully saturated rings. The summed E-state index contributed by atoms with van der Waals surface area (Å²) in [6.45, 7) is 0.323. The van der Waals surface area contributed by atoms with Crippen LogP contribution in [-0.2, 0) is 16.0 Å². The maximum absolute atomic E-state index is 11.8. The van der Waals surface area contributed by atoms with Crippen molar-refractivity contribution >= 4 is 17.8 Å². The van der Waals surface area contributed by atoms with E-state index in [1.807, 2.05) is 10.1 Å². The first kappa shape index (κ1) is 17.9. The van der Waals surface area contributed by atoms with E-state index in [0.29, 0.717) is 13.0 Å². The second-order valence-electron chi connectivity index (χ2n) is 4.59. The number of nitrogens with two attached hydrogens (primary N) is 2. The fraction of sp³-hybridized carbons (Fsp3) is 0.455. The minimum absolute atomic E-state index is 0.00223. The van der Waals surface area contributed by atoms with Crippen LogP contribution in [0.2, 0.25) is 0 Å². The number of carbonyl (C=O) groups excluding carboxylic acids is 2. The number of amides is 1. The van der Waals surface area contributed by atoms with Gasteiger partial charge in [-0.2, -0.15) is 5.10 Å². The van der Waals surface area contributed by atoms with Crippen LogP contribution in [0.15, 0.2) is 9.59 Å². The third-order valence-corrected chi connectivity index (χ3v) is 2.73. The van der Waals surface area contributed by atoms with E-state index >= 15 is 0 Å². The minimum Gasteiger partial charge on any atom is -0.548 e. The highest BCUT2D eigenvalue weighted by molar-refractivity contribution is 5.83. The topological polar surface area (TPSA) is 214 Å². The highest BCUT2D eigenvalue weighted by Crippen LogP contribution is 1.96. The Kier molecular flexibility index (Phi) is 6.46. The predicted octanol–water partition coefficient (Wildman–Crippen LogP) is -6.63.